The van der Waals surface area contributed by atoms with E-state index in [1.165, 1.54) is 20.8 Å². The minimum atomic E-state index is -1.47. The smallest absolute Gasteiger partial charge is 0.242 e. The van der Waals surface area contributed by atoms with Gasteiger partial charge < -0.3 is 95.8 Å². The maximum Gasteiger partial charge on any atom is 0.242 e. The number of hydrogen-bond donors (Lipinski definition) is 12. The fourth-order valence-electron chi connectivity index (χ4n) is 6.99. The van der Waals surface area contributed by atoms with Crippen molar-refractivity contribution in [2.24, 2.45) is 0 Å². The van der Waals surface area contributed by atoms with Gasteiger partial charge in [-0.3, -0.25) is 28.8 Å². The second kappa shape index (κ2) is 33.5. The molecule has 0 spiro atoms. The van der Waals surface area contributed by atoms with Crippen LogP contribution in [0.1, 0.15) is 85.0 Å². The van der Waals surface area contributed by atoms with Crippen molar-refractivity contribution < 1.29 is 92.6 Å². The molecule has 0 aromatic heterocycles. The van der Waals surface area contributed by atoms with Crippen LogP contribution in [0, 0.1) is 0 Å². The first-order chi connectivity index (χ1) is 32.0. The van der Waals surface area contributed by atoms with Crippen molar-refractivity contribution in [1.82, 2.24) is 31.9 Å². The van der Waals surface area contributed by atoms with Crippen molar-refractivity contribution >= 4 is 41.2 Å². The normalized spacial score (nSPS) is 25.3. The number of unbranched alkanes of at least 4 members (excludes halogenated alkanes) is 3. The first-order valence-corrected chi connectivity index (χ1v) is 22.8. The molecule has 25 heteroatoms. The van der Waals surface area contributed by atoms with Gasteiger partial charge in [-0.15, -0.1) is 0 Å². The minimum absolute atomic E-state index is 0.000206. The van der Waals surface area contributed by atoms with E-state index >= 15 is 0 Å². The van der Waals surface area contributed by atoms with Crippen LogP contribution in [0.15, 0.2) is 0 Å². The van der Waals surface area contributed by atoms with Gasteiger partial charge in [0, 0.05) is 59.2 Å². The number of hydrogen-bond acceptors (Lipinski definition) is 19. The molecular weight excluding hydrogens is 892 g/mol. The summed E-state index contributed by atoms with van der Waals surface area (Å²) in [6, 6.07) is -3.24. The third-order valence-electron chi connectivity index (χ3n) is 10.5. The summed E-state index contributed by atoms with van der Waals surface area (Å²) >= 11 is 0. The van der Waals surface area contributed by atoms with Gasteiger partial charge >= 0.3 is 0 Å². The molecule has 0 aromatic rings. The maximum atomic E-state index is 13.2. The fraction of sp³-hybridized carbons (Fsp3) is 0.833. The largest absolute Gasteiger partial charge is 0.394 e. The number of ketones is 1. The first kappa shape index (κ1) is 59.1. The summed E-state index contributed by atoms with van der Waals surface area (Å²) in [5.74, 6) is -2.49. The number of carbonyl (C=O) groups is 7. The average Bonchev–Trinajstić information content (AvgIpc) is 3.28. The summed E-state index contributed by atoms with van der Waals surface area (Å²) < 4.78 is 33.1. The third-order valence-corrected chi connectivity index (χ3v) is 10.5. The molecule has 6 amide bonds. The lowest BCUT2D eigenvalue weighted by Crippen LogP contribution is -2.64. The molecule has 0 saturated carbocycles. The highest BCUT2D eigenvalue weighted by molar-refractivity contribution is 5.88. The van der Waals surface area contributed by atoms with E-state index in [4.69, 9.17) is 28.4 Å². The lowest BCUT2D eigenvalue weighted by molar-refractivity contribution is -0.272. The molecule has 25 nitrogen and oxygen atoms in total. The summed E-state index contributed by atoms with van der Waals surface area (Å²) in [5.41, 5.74) is 0. The summed E-state index contributed by atoms with van der Waals surface area (Å²) in [6.45, 7) is 3.28. The zero-order chi connectivity index (χ0) is 49.7. The molecule has 2 fully saturated rings. The van der Waals surface area contributed by atoms with Crippen LogP contribution in [0.2, 0.25) is 0 Å². The van der Waals surface area contributed by atoms with Gasteiger partial charge in [-0.05, 0) is 32.6 Å². The number of ether oxygens (including phenoxy) is 6. The Balaban J connectivity index is 1.71. The Labute approximate surface area is 390 Å². The quantitative estimate of drug-likeness (QED) is 0.0270. The van der Waals surface area contributed by atoms with Crippen LogP contribution in [-0.2, 0) is 62.0 Å². The molecule has 2 saturated heterocycles. The van der Waals surface area contributed by atoms with E-state index < -0.39 is 104 Å². The van der Waals surface area contributed by atoms with Gasteiger partial charge in [-0.25, -0.2) is 0 Å². The maximum absolute atomic E-state index is 13.2. The molecule has 2 heterocycles. The SMILES string of the molecule is CC(=O)CCCCCCC(=O)NC(CCC(=O)NCCCC(=O)NCCOCCOC1OC(CO)C(O)C(O)C1NC(C)=O)C(=O)NCCOCCOC1OC(CO)C(O)C(O)C1NC(C)=O. The zero-order valence-electron chi connectivity index (χ0n) is 38.7. The van der Waals surface area contributed by atoms with Crippen molar-refractivity contribution in [3.05, 3.63) is 0 Å². The van der Waals surface area contributed by atoms with Crippen LogP contribution in [0.5, 0.6) is 0 Å². The third kappa shape index (κ3) is 23.7. The zero-order valence-corrected chi connectivity index (χ0v) is 38.7. The summed E-state index contributed by atoms with van der Waals surface area (Å²) in [4.78, 5) is 85.3. The van der Waals surface area contributed by atoms with E-state index in [0.29, 0.717) is 19.3 Å². The molecule has 11 unspecified atom stereocenters. The number of nitrogens with one attached hydrogen (secondary N) is 6. The highest BCUT2D eigenvalue weighted by Gasteiger charge is 2.46. The standard InChI is InChI=1S/C42H74N6O19/c1-25(51)9-6-4-5-7-10-33(56)48-28(40(61)45-16-18-63-20-22-65-42-35(47-27(3)53)39(60)37(58)30(24-50)67-42)12-13-32(55)43-14-8-11-31(54)44-15-17-62-19-21-64-41-34(46-26(2)52)38(59)36(57)29(23-49)66-41/h28-30,34-39,41-42,49-50,57-60H,4-24H2,1-3H3,(H,43,55)(H,44,54)(H,45,61)(H,46,52)(H,47,53)(H,48,56). The second-order valence-corrected chi connectivity index (χ2v) is 16.2. The Hall–Kier alpha value is -3.99. The predicted molar refractivity (Wildman–Crippen MR) is 232 cm³/mol. The molecule has 11 atom stereocenters. The summed E-state index contributed by atoms with van der Waals surface area (Å²) in [5, 5.41) is 75.6. The molecule has 67 heavy (non-hydrogen) atoms. The lowest BCUT2D eigenvalue weighted by atomic mass is 9.97. The van der Waals surface area contributed by atoms with Crippen molar-refractivity contribution in [2.45, 2.75) is 152 Å². The highest BCUT2D eigenvalue weighted by atomic mass is 16.7. The van der Waals surface area contributed by atoms with Gasteiger partial charge in [-0.1, -0.05) is 12.8 Å². The Morgan fingerprint density at radius 3 is 1.48 bits per heavy atom. The van der Waals surface area contributed by atoms with E-state index in [1.807, 2.05) is 0 Å². The number of aliphatic hydroxyl groups excluding tert-OH is 6. The molecule has 2 aliphatic rings. The minimum Gasteiger partial charge on any atom is -0.394 e. The van der Waals surface area contributed by atoms with E-state index in [1.54, 1.807) is 0 Å². The Bertz CT molecular complexity index is 1510. The Morgan fingerprint density at radius 1 is 0.522 bits per heavy atom. The van der Waals surface area contributed by atoms with E-state index in [-0.39, 0.29) is 103 Å². The molecule has 0 radical (unpaired) electrons. The van der Waals surface area contributed by atoms with E-state index in [2.05, 4.69) is 31.9 Å². The molecule has 2 rings (SSSR count). The van der Waals surface area contributed by atoms with Crippen molar-refractivity contribution in [3.63, 3.8) is 0 Å². The van der Waals surface area contributed by atoms with Gasteiger partial charge in [-0.2, -0.15) is 0 Å². The average molecular weight is 967 g/mol. The fourth-order valence-corrected chi connectivity index (χ4v) is 6.99. The number of Topliss-reactive ketones (excluding diaryl/α,β-unsaturated/α-hetero) is 1. The number of carbonyl (C=O) groups excluding carboxylic acids is 7. The first-order valence-electron chi connectivity index (χ1n) is 22.8. The van der Waals surface area contributed by atoms with Crippen LogP contribution >= 0.6 is 0 Å². The molecule has 0 bridgehead atoms. The van der Waals surface area contributed by atoms with E-state index in [9.17, 15) is 64.2 Å². The van der Waals surface area contributed by atoms with Crippen LogP contribution in [-0.4, -0.2) is 212 Å². The topological polar surface area (TPSA) is 368 Å². The molecular formula is C42H74N6O19. The van der Waals surface area contributed by atoms with Gasteiger partial charge in [0.15, 0.2) is 12.6 Å². The van der Waals surface area contributed by atoms with E-state index in [0.717, 1.165) is 19.3 Å². The summed E-state index contributed by atoms with van der Waals surface area (Å²) in [6.07, 6.45) is -6.75. The van der Waals surface area contributed by atoms with Crippen LogP contribution < -0.4 is 31.9 Å². The number of amides is 6. The van der Waals surface area contributed by atoms with Crippen LogP contribution in [0.3, 0.4) is 0 Å². The van der Waals surface area contributed by atoms with Crippen molar-refractivity contribution in [2.75, 3.05) is 72.5 Å². The Morgan fingerprint density at radius 2 is 0.985 bits per heavy atom. The monoisotopic (exact) mass is 967 g/mol. The predicted octanol–water partition coefficient (Wildman–Crippen LogP) is -4.74. The van der Waals surface area contributed by atoms with Crippen LogP contribution in [0.25, 0.3) is 0 Å². The molecule has 12 N–H and O–H groups in total. The second-order valence-electron chi connectivity index (χ2n) is 16.2. The lowest BCUT2D eigenvalue weighted by Gasteiger charge is -2.42. The van der Waals surface area contributed by atoms with Gasteiger partial charge in [0.2, 0.25) is 35.4 Å². The number of aliphatic hydroxyl groups is 6. The molecule has 386 valence electrons. The van der Waals surface area contributed by atoms with Gasteiger partial charge in [0.05, 0.1) is 52.9 Å². The Kier molecular flexibility index (Phi) is 29.6. The number of rotatable bonds is 34. The van der Waals surface area contributed by atoms with Crippen molar-refractivity contribution in [1.29, 1.82) is 0 Å². The highest BCUT2D eigenvalue weighted by Crippen LogP contribution is 2.23. The van der Waals surface area contributed by atoms with Crippen LogP contribution in [0.4, 0.5) is 0 Å². The van der Waals surface area contributed by atoms with Gasteiger partial charge in [0.1, 0.15) is 60.5 Å². The molecule has 2 aliphatic heterocycles. The molecule has 0 aliphatic carbocycles. The van der Waals surface area contributed by atoms with Gasteiger partial charge in [0.25, 0.3) is 0 Å². The summed E-state index contributed by atoms with van der Waals surface area (Å²) in [7, 11) is 0. The van der Waals surface area contributed by atoms with Crippen molar-refractivity contribution in [3.8, 4) is 0 Å². The molecule has 0 aromatic carbocycles.